The van der Waals surface area contributed by atoms with Gasteiger partial charge in [-0.25, -0.2) is 0 Å². The van der Waals surface area contributed by atoms with Gasteiger partial charge >= 0.3 is 0 Å². The Labute approximate surface area is 116 Å². The highest BCUT2D eigenvalue weighted by molar-refractivity contribution is 7.80. The molecule has 0 heterocycles. The van der Waals surface area contributed by atoms with Crippen molar-refractivity contribution in [1.82, 2.24) is 0 Å². The van der Waals surface area contributed by atoms with E-state index in [1.807, 2.05) is 20.1 Å². The van der Waals surface area contributed by atoms with Gasteiger partial charge in [-0.2, -0.15) is 0 Å². The molecule has 1 aromatic rings. The zero-order chi connectivity index (χ0) is 13.7. The first-order valence-electron chi connectivity index (χ1n) is 6.41. The monoisotopic (exact) mass is 265 g/mol. The van der Waals surface area contributed by atoms with Gasteiger partial charge in [0.1, 0.15) is 6.23 Å². The van der Waals surface area contributed by atoms with E-state index in [-0.39, 0.29) is 6.23 Å². The van der Waals surface area contributed by atoms with E-state index in [1.165, 1.54) is 16.7 Å². The lowest BCUT2D eigenvalue weighted by atomic mass is 9.94. The Balaban J connectivity index is 2.85. The molecular weight excluding hydrogens is 242 g/mol. The lowest BCUT2D eigenvalue weighted by Gasteiger charge is -2.14. The third-order valence-corrected chi connectivity index (χ3v) is 3.70. The molecular formula is C15H23NOS. The average molecular weight is 265 g/mol. The summed E-state index contributed by atoms with van der Waals surface area (Å²) >= 11 is 4.44. The van der Waals surface area contributed by atoms with Crippen molar-refractivity contribution in [2.45, 2.75) is 51.7 Å². The van der Waals surface area contributed by atoms with E-state index in [0.717, 1.165) is 4.90 Å². The van der Waals surface area contributed by atoms with Crippen molar-refractivity contribution >= 4 is 18.8 Å². The fourth-order valence-corrected chi connectivity index (χ4v) is 2.18. The van der Waals surface area contributed by atoms with Gasteiger partial charge in [-0.1, -0.05) is 13.0 Å². The number of rotatable bonds is 5. The van der Waals surface area contributed by atoms with Crippen molar-refractivity contribution in [3.05, 3.63) is 28.8 Å². The lowest BCUT2D eigenvalue weighted by molar-refractivity contribution is 0.0833. The third kappa shape index (κ3) is 3.85. The molecule has 100 valence electrons. The van der Waals surface area contributed by atoms with Gasteiger partial charge in [-0.05, 0) is 50.5 Å². The SMILES string of the molecule is CCOC(C)/N=C/C(C)c1ccc(S)c(C)c1C. The van der Waals surface area contributed by atoms with Crippen molar-refractivity contribution < 1.29 is 4.74 Å². The van der Waals surface area contributed by atoms with Crippen molar-refractivity contribution in [2.24, 2.45) is 4.99 Å². The zero-order valence-corrected chi connectivity index (χ0v) is 12.8. The summed E-state index contributed by atoms with van der Waals surface area (Å²) in [4.78, 5) is 5.46. The van der Waals surface area contributed by atoms with Gasteiger partial charge in [-0.15, -0.1) is 12.6 Å². The molecule has 0 saturated carbocycles. The van der Waals surface area contributed by atoms with E-state index in [0.29, 0.717) is 12.5 Å². The highest BCUT2D eigenvalue weighted by atomic mass is 32.1. The van der Waals surface area contributed by atoms with Crippen LogP contribution in [0.1, 0.15) is 43.4 Å². The Morgan fingerprint density at radius 1 is 1.28 bits per heavy atom. The van der Waals surface area contributed by atoms with Crippen LogP contribution in [0.15, 0.2) is 22.0 Å². The van der Waals surface area contributed by atoms with Crippen molar-refractivity contribution in [3.8, 4) is 0 Å². The number of nitrogens with zero attached hydrogens (tertiary/aromatic N) is 1. The largest absolute Gasteiger partial charge is 0.357 e. The van der Waals surface area contributed by atoms with Crippen LogP contribution in [0.4, 0.5) is 0 Å². The molecule has 2 atom stereocenters. The minimum absolute atomic E-state index is 0.0667. The molecule has 0 fully saturated rings. The summed E-state index contributed by atoms with van der Waals surface area (Å²) in [7, 11) is 0. The normalized spacial score (nSPS) is 15.0. The van der Waals surface area contributed by atoms with Crippen LogP contribution in [0.5, 0.6) is 0 Å². The molecule has 1 aromatic carbocycles. The molecule has 0 saturated heterocycles. The first-order valence-corrected chi connectivity index (χ1v) is 6.86. The zero-order valence-electron chi connectivity index (χ0n) is 11.9. The number of benzene rings is 1. The molecule has 2 nitrogen and oxygen atoms in total. The first kappa shape index (κ1) is 15.3. The van der Waals surface area contributed by atoms with Gasteiger partial charge < -0.3 is 4.74 Å². The smallest absolute Gasteiger partial charge is 0.145 e. The molecule has 0 aliphatic carbocycles. The molecule has 0 spiro atoms. The fourth-order valence-electron chi connectivity index (χ4n) is 1.94. The van der Waals surface area contributed by atoms with Crippen molar-refractivity contribution in [1.29, 1.82) is 0 Å². The molecule has 0 radical (unpaired) electrons. The summed E-state index contributed by atoms with van der Waals surface area (Å²) in [6.07, 6.45) is 1.91. The van der Waals surface area contributed by atoms with Gasteiger partial charge in [0.25, 0.3) is 0 Å². The predicted octanol–water partition coefficient (Wildman–Crippen LogP) is 4.15. The van der Waals surface area contributed by atoms with Crippen LogP contribution in [0, 0.1) is 13.8 Å². The van der Waals surface area contributed by atoms with Crippen molar-refractivity contribution in [2.75, 3.05) is 6.61 Å². The highest BCUT2D eigenvalue weighted by Gasteiger charge is 2.09. The minimum atomic E-state index is -0.0667. The topological polar surface area (TPSA) is 21.6 Å². The summed E-state index contributed by atoms with van der Waals surface area (Å²) in [6, 6.07) is 4.18. The molecule has 2 unspecified atom stereocenters. The second-order valence-corrected chi connectivity index (χ2v) is 5.05. The van der Waals surface area contributed by atoms with Gasteiger partial charge in [0.15, 0.2) is 0 Å². The first-order chi connectivity index (χ1) is 8.47. The highest BCUT2D eigenvalue weighted by Crippen LogP contribution is 2.25. The van der Waals surface area contributed by atoms with E-state index >= 15 is 0 Å². The van der Waals surface area contributed by atoms with Crippen LogP contribution in [0.3, 0.4) is 0 Å². The van der Waals surface area contributed by atoms with Crippen LogP contribution >= 0.6 is 12.6 Å². The van der Waals surface area contributed by atoms with E-state index in [4.69, 9.17) is 4.74 Å². The quantitative estimate of drug-likeness (QED) is 0.627. The fraction of sp³-hybridized carbons (Fsp3) is 0.533. The van der Waals surface area contributed by atoms with Gasteiger partial charge in [0.2, 0.25) is 0 Å². The molecule has 0 aliphatic rings. The molecule has 18 heavy (non-hydrogen) atoms. The Hall–Kier alpha value is -0.800. The van der Waals surface area contributed by atoms with Crippen molar-refractivity contribution in [3.63, 3.8) is 0 Å². The number of aliphatic imine (C=N–C) groups is 1. The Bertz CT molecular complexity index is 429. The maximum absolute atomic E-state index is 5.39. The predicted molar refractivity (Wildman–Crippen MR) is 81.2 cm³/mol. The molecule has 0 N–H and O–H groups in total. The van der Waals surface area contributed by atoms with Crippen LogP contribution in [-0.2, 0) is 4.74 Å². The van der Waals surface area contributed by atoms with Gasteiger partial charge in [0.05, 0.1) is 0 Å². The van der Waals surface area contributed by atoms with Crippen LogP contribution in [0.25, 0.3) is 0 Å². The van der Waals surface area contributed by atoms with Gasteiger partial charge in [-0.3, -0.25) is 4.99 Å². The summed E-state index contributed by atoms with van der Waals surface area (Å²) in [5.74, 6) is 0.292. The van der Waals surface area contributed by atoms with E-state index in [1.54, 1.807) is 0 Å². The number of thiol groups is 1. The van der Waals surface area contributed by atoms with Gasteiger partial charge in [0, 0.05) is 23.6 Å². The summed E-state index contributed by atoms with van der Waals surface area (Å²) in [5, 5.41) is 0. The Kier molecular flexibility index (Phi) is 5.89. The van der Waals surface area contributed by atoms with E-state index < -0.39 is 0 Å². The van der Waals surface area contributed by atoms with Crippen LogP contribution < -0.4 is 0 Å². The van der Waals surface area contributed by atoms with Crippen LogP contribution in [-0.4, -0.2) is 19.0 Å². The minimum Gasteiger partial charge on any atom is -0.357 e. The number of hydrogen-bond acceptors (Lipinski definition) is 3. The maximum Gasteiger partial charge on any atom is 0.145 e. The second-order valence-electron chi connectivity index (χ2n) is 4.57. The summed E-state index contributed by atoms with van der Waals surface area (Å²) in [5.41, 5.74) is 3.84. The third-order valence-electron chi connectivity index (χ3n) is 3.22. The maximum atomic E-state index is 5.39. The number of ether oxygens (including phenoxy) is 1. The summed E-state index contributed by atoms with van der Waals surface area (Å²) in [6.45, 7) is 11.0. The average Bonchev–Trinajstić information content (AvgIpc) is 2.34. The molecule has 1 rings (SSSR count). The van der Waals surface area contributed by atoms with E-state index in [2.05, 4.69) is 50.5 Å². The molecule has 3 heteroatoms. The molecule has 0 aliphatic heterocycles. The second kappa shape index (κ2) is 6.95. The van der Waals surface area contributed by atoms with Crippen LogP contribution in [0.2, 0.25) is 0 Å². The Morgan fingerprint density at radius 2 is 1.94 bits per heavy atom. The molecule has 0 aromatic heterocycles. The standard InChI is InChI=1S/C15H23NOS/c1-6-17-13(5)16-9-10(2)14-7-8-15(18)12(4)11(14)3/h7-10,13,18H,6H2,1-5H3/b16-9+. The Morgan fingerprint density at radius 3 is 2.56 bits per heavy atom. The lowest BCUT2D eigenvalue weighted by Crippen LogP contribution is -2.07. The summed E-state index contributed by atoms with van der Waals surface area (Å²) < 4.78 is 5.39. The molecule has 0 amide bonds. The molecule has 0 bridgehead atoms. The number of hydrogen-bond donors (Lipinski definition) is 1. The van der Waals surface area contributed by atoms with E-state index in [9.17, 15) is 0 Å².